The Morgan fingerprint density at radius 2 is 2.19 bits per heavy atom. The van der Waals surface area contributed by atoms with E-state index in [4.69, 9.17) is 26.8 Å². The van der Waals surface area contributed by atoms with Crippen molar-refractivity contribution in [3.05, 3.63) is 28.8 Å². The standard InChI is InChI=1S/C12H18ClNO2/c1-3-16-8-11(14)7-9-6-10(13)4-5-12(9)15-2/h4-6,11H,3,7-8,14H2,1-2H3. The lowest BCUT2D eigenvalue weighted by molar-refractivity contribution is 0.133. The van der Waals surface area contributed by atoms with Crippen LogP contribution >= 0.6 is 11.6 Å². The summed E-state index contributed by atoms with van der Waals surface area (Å²) in [6.07, 6.45) is 0.698. The summed E-state index contributed by atoms with van der Waals surface area (Å²) in [5, 5.41) is 0.694. The van der Waals surface area contributed by atoms with Gasteiger partial charge >= 0.3 is 0 Å². The smallest absolute Gasteiger partial charge is 0.122 e. The van der Waals surface area contributed by atoms with Gasteiger partial charge in [0.15, 0.2) is 0 Å². The van der Waals surface area contributed by atoms with Crippen LogP contribution in [0.4, 0.5) is 0 Å². The highest BCUT2D eigenvalue weighted by molar-refractivity contribution is 6.30. The van der Waals surface area contributed by atoms with Crippen LogP contribution < -0.4 is 10.5 Å². The quantitative estimate of drug-likeness (QED) is 0.834. The van der Waals surface area contributed by atoms with E-state index in [0.29, 0.717) is 24.7 Å². The highest BCUT2D eigenvalue weighted by Crippen LogP contribution is 2.23. The first-order valence-electron chi connectivity index (χ1n) is 5.33. The van der Waals surface area contributed by atoms with Crippen LogP contribution in [0.2, 0.25) is 5.02 Å². The summed E-state index contributed by atoms with van der Waals surface area (Å²) in [6, 6.07) is 5.50. The number of hydrogen-bond acceptors (Lipinski definition) is 3. The molecule has 1 aromatic rings. The number of halogens is 1. The number of rotatable bonds is 6. The molecule has 0 aromatic heterocycles. The van der Waals surface area contributed by atoms with Crippen LogP contribution in [-0.4, -0.2) is 26.4 Å². The van der Waals surface area contributed by atoms with Gasteiger partial charge in [-0.1, -0.05) is 11.6 Å². The molecule has 1 unspecified atom stereocenters. The van der Waals surface area contributed by atoms with Crippen molar-refractivity contribution in [3.63, 3.8) is 0 Å². The fourth-order valence-corrected chi connectivity index (χ4v) is 1.71. The molecular formula is C12H18ClNO2. The summed E-state index contributed by atoms with van der Waals surface area (Å²) in [5.41, 5.74) is 6.96. The molecule has 4 heteroatoms. The van der Waals surface area contributed by atoms with Gasteiger partial charge in [0.1, 0.15) is 5.75 Å². The molecule has 2 N–H and O–H groups in total. The topological polar surface area (TPSA) is 44.5 Å². The zero-order valence-corrected chi connectivity index (χ0v) is 10.5. The van der Waals surface area contributed by atoms with Crippen molar-refractivity contribution < 1.29 is 9.47 Å². The van der Waals surface area contributed by atoms with Gasteiger partial charge in [-0.2, -0.15) is 0 Å². The Kier molecular flexibility index (Phi) is 5.60. The Balaban J connectivity index is 2.67. The van der Waals surface area contributed by atoms with Crippen molar-refractivity contribution >= 4 is 11.6 Å². The van der Waals surface area contributed by atoms with Crippen molar-refractivity contribution in [1.82, 2.24) is 0 Å². The predicted molar refractivity (Wildman–Crippen MR) is 66.2 cm³/mol. The fraction of sp³-hybridized carbons (Fsp3) is 0.500. The monoisotopic (exact) mass is 243 g/mol. The second kappa shape index (κ2) is 6.74. The van der Waals surface area contributed by atoms with E-state index in [1.54, 1.807) is 13.2 Å². The minimum absolute atomic E-state index is 0.0349. The van der Waals surface area contributed by atoms with E-state index in [1.165, 1.54) is 0 Å². The third-order valence-corrected chi connectivity index (χ3v) is 2.50. The lowest BCUT2D eigenvalue weighted by Gasteiger charge is -2.14. The molecule has 0 bridgehead atoms. The molecule has 0 aliphatic rings. The summed E-state index contributed by atoms with van der Waals surface area (Å²) < 4.78 is 10.5. The average Bonchev–Trinajstić information content (AvgIpc) is 2.27. The van der Waals surface area contributed by atoms with Gasteiger partial charge in [0.2, 0.25) is 0 Å². The van der Waals surface area contributed by atoms with E-state index in [-0.39, 0.29) is 6.04 Å². The molecule has 0 saturated heterocycles. The number of methoxy groups -OCH3 is 1. The third kappa shape index (κ3) is 4.00. The molecule has 0 aliphatic carbocycles. The maximum Gasteiger partial charge on any atom is 0.122 e. The van der Waals surface area contributed by atoms with E-state index in [9.17, 15) is 0 Å². The Morgan fingerprint density at radius 3 is 2.81 bits per heavy atom. The Morgan fingerprint density at radius 1 is 1.44 bits per heavy atom. The molecule has 0 saturated carbocycles. The van der Waals surface area contributed by atoms with Crippen LogP contribution in [0.15, 0.2) is 18.2 Å². The fourth-order valence-electron chi connectivity index (χ4n) is 1.52. The van der Waals surface area contributed by atoms with Gasteiger partial charge in [-0.25, -0.2) is 0 Å². The predicted octanol–water partition coefficient (Wildman–Crippen LogP) is 2.25. The van der Waals surface area contributed by atoms with E-state index in [0.717, 1.165) is 11.3 Å². The van der Waals surface area contributed by atoms with Gasteiger partial charge in [0, 0.05) is 17.7 Å². The van der Waals surface area contributed by atoms with E-state index in [2.05, 4.69) is 0 Å². The number of hydrogen-bond donors (Lipinski definition) is 1. The van der Waals surface area contributed by atoms with Crippen LogP contribution in [0.3, 0.4) is 0 Å². The number of nitrogens with two attached hydrogens (primary N) is 1. The molecule has 0 heterocycles. The van der Waals surface area contributed by atoms with Crippen LogP contribution in [-0.2, 0) is 11.2 Å². The summed E-state index contributed by atoms with van der Waals surface area (Å²) in [4.78, 5) is 0. The van der Waals surface area contributed by atoms with Crippen molar-refractivity contribution in [3.8, 4) is 5.75 Å². The Bertz CT molecular complexity index is 331. The highest BCUT2D eigenvalue weighted by Gasteiger charge is 2.09. The Labute approximate surface area is 101 Å². The van der Waals surface area contributed by atoms with E-state index < -0.39 is 0 Å². The lowest BCUT2D eigenvalue weighted by Crippen LogP contribution is -2.28. The van der Waals surface area contributed by atoms with Crippen LogP contribution in [0.25, 0.3) is 0 Å². The third-order valence-electron chi connectivity index (χ3n) is 2.26. The van der Waals surface area contributed by atoms with Crippen molar-refractivity contribution in [1.29, 1.82) is 0 Å². The van der Waals surface area contributed by atoms with Gasteiger partial charge in [0.05, 0.1) is 13.7 Å². The summed E-state index contributed by atoms with van der Waals surface area (Å²) in [5.74, 6) is 0.816. The van der Waals surface area contributed by atoms with Gasteiger partial charge in [-0.3, -0.25) is 0 Å². The molecule has 0 amide bonds. The summed E-state index contributed by atoms with van der Waals surface area (Å²) in [6.45, 7) is 3.18. The highest BCUT2D eigenvalue weighted by atomic mass is 35.5. The lowest BCUT2D eigenvalue weighted by atomic mass is 10.1. The second-order valence-electron chi connectivity index (χ2n) is 3.58. The molecule has 0 fully saturated rings. The molecule has 16 heavy (non-hydrogen) atoms. The van der Waals surface area contributed by atoms with Gasteiger partial charge in [-0.15, -0.1) is 0 Å². The van der Waals surface area contributed by atoms with Crippen LogP contribution in [0, 0.1) is 0 Å². The maximum atomic E-state index is 5.94. The molecule has 1 atom stereocenters. The first kappa shape index (κ1) is 13.3. The Hall–Kier alpha value is -0.770. The minimum Gasteiger partial charge on any atom is -0.496 e. The first-order chi connectivity index (χ1) is 7.67. The summed E-state index contributed by atoms with van der Waals surface area (Å²) >= 11 is 5.93. The molecule has 3 nitrogen and oxygen atoms in total. The molecule has 0 radical (unpaired) electrons. The normalized spacial score (nSPS) is 12.5. The van der Waals surface area contributed by atoms with Crippen LogP contribution in [0.1, 0.15) is 12.5 Å². The summed E-state index contributed by atoms with van der Waals surface area (Å²) in [7, 11) is 1.64. The first-order valence-corrected chi connectivity index (χ1v) is 5.71. The van der Waals surface area contributed by atoms with Gasteiger partial charge < -0.3 is 15.2 Å². The number of ether oxygens (including phenoxy) is 2. The molecular weight excluding hydrogens is 226 g/mol. The molecule has 1 aromatic carbocycles. The number of benzene rings is 1. The van der Waals surface area contributed by atoms with Crippen LogP contribution in [0.5, 0.6) is 5.75 Å². The van der Waals surface area contributed by atoms with Gasteiger partial charge in [-0.05, 0) is 37.1 Å². The zero-order valence-electron chi connectivity index (χ0n) is 9.70. The maximum absolute atomic E-state index is 5.94. The molecule has 1 rings (SSSR count). The largest absolute Gasteiger partial charge is 0.496 e. The second-order valence-corrected chi connectivity index (χ2v) is 4.02. The van der Waals surface area contributed by atoms with Crippen molar-refractivity contribution in [2.75, 3.05) is 20.3 Å². The minimum atomic E-state index is -0.0349. The SMILES string of the molecule is CCOCC(N)Cc1cc(Cl)ccc1OC. The molecule has 0 aliphatic heterocycles. The zero-order chi connectivity index (χ0) is 12.0. The molecule has 90 valence electrons. The van der Waals surface area contributed by atoms with E-state index >= 15 is 0 Å². The van der Waals surface area contributed by atoms with E-state index in [1.807, 2.05) is 19.1 Å². The van der Waals surface area contributed by atoms with Crippen molar-refractivity contribution in [2.45, 2.75) is 19.4 Å². The van der Waals surface area contributed by atoms with Gasteiger partial charge in [0.25, 0.3) is 0 Å². The molecule has 0 spiro atoms. The van der Waals surface area contributed by atoms with Crippen molar-refractivity contribution in [2.24, 2.45) is 5.73 Å². The average molecular weight is 244 g/mol.